The van der Waals surface area contributed by atoms with Gasteiger partial charge in [-0.1, -0.05) is 44.4 Å². The monoisotopic (exact) mass is 433 g/mol. The molecule has 0 atom stereocenters. The number of ether oxygens (including phenoxy) is 3. The van der Waals surface area contributed by atoms with Gasteiger partial charge >= 0.3 is 5.97 Å². The molecule has 3 rings (SSSR count). The number of aliphatic imine (C=N–C) groups is 1. The van der Waals surface area contributed by atoms with Crippen molar-refractivity contribution in [2.45, 2.75) is 46.0 Å². The van der Waals surface area contributed by atoms with Crippen LogP contribution in [0.5, 0.6) is 5.75 Å². The summed E-state index contributed by atoms with van der Waals surface area (Å²) in [5.41, 5.74) is 3.68. The number of unbranched alkanes of at least 4 members (excludes halogenated alkanes) is 3. The molecule has 168 valence electrons. The lowest BCUT2D eigenvalue weighted by Gasteiger charge is -2.08. The van der Waals surface area contributed by atoms with E-state index in [-0.39, 0.29) is 5.97 Å². The van der Waals surface area contributed by atoms with Crippen molar-refractivity contribution in [3.05, 3.63) is 77.4 Å². The van der Waals surface area contributed by atoms with Gasteiger partial charge in [-0.15, -0.1) is 0 Å². The first-order chi connectivity index (χ1) is 15.7. The summed E-state index contributed by atoms with van der Waals surface area (Å²) in [4.78, 5) is 16.7. The molecule has 0 aromatic heterocycles. The van der Waals surface area contributed by atoms with Gasteiger partial charge in [-0.25, -0.2) is 9.79 Å². The number of carbonyl (C=O) groups excluding carboxylic acids is 1. The van der Waals surface area contributed by atoms with Gasteiger partial charge in [-0.05, 0) is 61.7 Å². The highest BCUT2D eigenvalue weighted by Crippen LogP contribution is 2.36. The molecule has 2 aromatic rings. The van der Waals surface area contributed by atoms with Crippen LogP contribution in [0.3, 0.4) is 0 Å². The maximum absolute atomic E-state index is 11.9. The Hall–Kier alpha value is -3.34. The molecule has 32 heavy (non-hydrogen) atoms. The van der Waals surface area contributed by atoms with Gasteiger partial charge in [0.15, 0.2) is 0 Å². The Labute approximate surface area is 190 Å². The van der Waals surface area contributed by atoms with Crippen LogP contribution in [0.15, 0.2) is 71.2 Å². The molecule has 0 N–H and O–H groups in total. The van der Waals surface area contributed by atoms with Crippen molar-refractivity contribution in [1.29, 1.82) is 0 Å². The Morgan fingerprint density at radius 3 is 2.41 bits per heavy atom. The van der Waals surface area contributed by atoms with E-state index in [4.69, 9.17) is 19.2 Å². The van der Waals surface area contributed by atoms with E-state index >= 15 is 0 Å². The molecule has 5 heteroatoms. The normalized spacial score (nSPS) is 15.5. The van der Waals surface area contributed by atoms with Gasteiger partial charge in [0.25, 0.3) is 0 Å². The molecule has 0 bridgehead atoms. The van der Waals surface area contributed by atoms with Crippen molar-refractivity contribution in [3.63, 3.8) is 0 Å². The fourth-order valence-electron chi connectivity index (χ4n) is 3.54. The second-order valence-corrected chi connectivity index (χ2v) is 7.51. The molecule has 1 aliphatic rings. The molecule has 0 saturated carbocycles. The maximum atomic E-state index is 11.9. The maximum Gasteiger partial charge on any atom is 0.330 e. The zero-order valence-corrected chi connectivity index (χ0v) is 19.1. The molecule has 2 aromatic carbocycles. The van der Waals surface area contributed by atoms with Gasteiger partial charge in [-0.3, -0.25) is 0 Å². The van der Waals surface area contributed by atoms with Crippen LogP contribution in [0.1, 0.15) is 57.1 Å². The Morgan fingerprint density at radius 2 is 1.72 bits per heavy atom. The van der Waals surface area contributed by atoms with Crippen LogP contribution in [-0.2, 0) is 14.3 Å². The van der Waals surface area contributed by atoms with Crippen molar-refractivity contribution in [3.8, 4) is 5.75 Å². The summed E-state index contributed by atoms with van der Waals surface area (Å²) in [6.45, 7) is 4.34. The summed E-state index contributed by atoms with van der Waals surface area (Å²) in [5, 5.41) is 0. The number of benzene rings is 2. The van der Waals surface area contributed by atoms with E-state index in [0.29, 0.717) is 12.5 Å². The van der Waals surface area contributed by atoms with Gasteiger partial charge in [0, 0.05) is 17.2 Å². The number of carbonyl (C=O) groups is 1. The van der Waals surface area contributed by atoms with Crippen LogP contribution < -0.4 is 4.74 Å². The first kappa shape index (κ1) is 23.3. The molecule has 5 nitrogen and oxygen atoms in total. The Kier molecular flexibility index (Phi) is 8.67. The van der Waals surface area contributed by atoms with Crippen molar-refractivity contribution in [2.24, 2.45) is 4.99 Å². The minimum atomic E-state index is -0.349. The number of methoxy groups -OCH3 is 1. The number of nitrogens with zero attached hydrogens (tertiary/aromatic N) is 1. The number of fused-ring (bicyclic) bond motifs is 1. The van der Waals surface area contributed by atoms with E-state index in [9.17, 15) is 4.79 Å². The molecule has 1 heterocycles. The third kappa shape index (κ3) is 6.10. The summed E-state index contributed by atoms with van der Waals surface area (Å²) in [7, 11) is 1.64. The lowest BCUT2D eigenvalue weighted by atomic mass is 10.00. The molecular formula is C27H31NO4. The fourth-order valence-corrected chi connectivity index (χ4v) is 3.54. The van der Waals surface area contributed by atoms with Crippen LogP contribution in [0.25, 0.3) is 5.76 Å². The number of hydrogen-bond acceptors (Lipinski definition) is 5. The van der Waals surface area contributed by atoms with Crippen LogP contribution in [0.4, 0.5) is 5.69 Å². The van der Waals surface area contributed by atoms with E-state index < -0.39 is 0 Å². The first-order valence-electron chi connectivity index (χ1n) is 11.2. The Balaban J connectivity index is 1.96. The highest BCUT2D eigenvalue weighted by molar-refractivity contribution is 6.07. The van der Waals surface area contributed by atoms with E-state index in [2.05, 4.69) is 6.92 Å². The SMILES string of the molecule is CCCCCCC(/C=C/C(=O)OCC)=C1\OC(=Nc2ccc(OC)cc2)c2ccccc21. The van der Waals surface area contributed by atoms with E-state index in [1.165, 1.54) is 18.9 Å². The smallest absolute Gasteiger partial charge is 0.330 e. The third-order valence-corrected chi connectivity index (χ3v) is 5.20. The number of rotatable bonds is 10. The standard InChI is InChI=1S/C27H31NO4/c1-4-6-7-8-11-20(14-19-25(29)31-5-2)26-23-12-9-10-13-24(23)27(32-26)28-21-15-17-22(30-3)18-16-21/h9-10,12-19H,4-8,11H2,1-3H3/b19-14+,26-20+,28-27?. The molecule has 0 aliphatic carbocycles. The Morgan fingerprint density at radius 1 is 0.969 bits per heavy atom. The van der Waals surface area contributed by atoms with E-state index in [1.54, 1.807) is 14.0 Å². The molecule has 0 fully saturated rings. The number of allylic oxidation sites excluding steroid dienone is 2. The van der Waals surface area contributed by atoms with Crippen LogP contribution in [0.2, 0.25) is 0 Å². The zero-order valence-electron chi connectivity index (χ0n) is 19.1. The molecule has 0 amide bonds. The number of hydrogen-bond donors (Lipinski definition) is 0. The summed E-state index contributed by atoms with van der Waals surface area (Å²) < 4.78 is 16.6. The summed E-state index contributed by atoms with van der Waals surface area (Å²) in [6.07, 6.45) is 8.64. The van der Waals surface area contributed by atoms with Crippen LogP contribution in [-0.4, -0.2) is 25.6 Å². The average molecular weight is 434 g/mol. The summed E-state index contributed by atoms with van der Waals surface area (Å²) >= 11 is 0. The van der Waals surface area contributed by atoms with Gasteiger partial charge in [0.1, 0.15) is 11.5 Å². The minimum Gasteiger partial charge on any atom is -0.497 e. The quantitative estimate of drug-likeness (QED) is 0.240. The predicted molar refractivity (Wildman–Crippen MR) is 128 cm³/mol. The van der Waals surface area contributed by atoms with Crippen molar-refractivity contribution in [2.75, 3.05) is 13.7 Å². The van der Waals surface area contributed by atoms with Crippen LogP contribution >= 0.6 is 0 Å². The molecule has 0 spiro atoms. The van der Waals surface area contributed by atoms with Gasteiger partial charge in [0.2, 0.25) is 5.90 Å². The number of esters is 1. The highest BCUT2D eigenvalue weighted by atomic mass is 16.5. The van der Waals surface area contributed by atoms with Gasteiger partial charge in [-0.2, -0.15) is 0 Å². The highest BCUT2D eigenvalue weighted by Gasteiger charge is 2.26. The molecule has 0 radical (unpaired) electrons. The first-order valence-corrected chi connectivity index (χ1v) is 11.2. The lowest BCUT2D eigenvalue weighted by molar-refractivity contribution is -0.137. The topological polar surface area (TPSA) is 57.1 Å². The zero-order chi connectivity index (χ0) is 22.8. The molecule has 0 unspecified atom stereocenters. The molecule has 0 saturated heterocycles. The molecular weight excluding hydrogens is 402 g/mol. The van der Waals surface area contributed by atoms with Crippen molar-refractivity contribution in [1.82, 2.24) is 0 Å². The van der Waals surface area contributed by atoms with E-state index in [0.717, 1.165) is 53.2 Å². The average Bonchev–Trinajstić information content (AvgIpc) is 3.17. The Bertz CT molecular complexity index is 1000. The third-order valence-electron chi connectivity index (χ3n) is 5.20. The second-order valence-electron chi connectivity index (χ2n) is 7.51. The largest absolute Gasteiger partial charge is 0.497 e. The lowest BCUT2D eigenvalue weighted by Crippen LogP contribution is -2.00. The van der Waals surface area contributed by atoms with Crippen molar-refractivity contribution >= 4 is 23.3 Å². The minimum absolute atomic E-state index is 0.349. The summed E-state index contributed by atoms with van der Waals surface area (Å²) in [6, 6.07) is 15.5. The summed E-state index contributed by atoms with van der Waals surface area (Å²) in [5.74, 6) is 1.74. The van der Waals surface area contributed by atoms with Crippen molar-refractivity contribution < 1.29 is 19.0 Å². The molecule has 1 aliphatic heterocycles. The van der Waals surface area contributed by atoms with Crippen LogP contribution in [0, 0.1) is 0 Å². The van der Waals surface area contributed by atoms with Gasteiger partial charge in [0.05, 0.1) is 19.4 Å². The predicted octanol–water partition coefficient (Wildman–Crippen LogP) is 6.60. The van der Waals surface area contributed by atoms with E-state index in [1.807, 2.05) is 54.6 Å². The van der Waals surface area contributed by atoms with Gasteiger partial charge < -0.3 is 14.2 Å². The second kappa shape index (κ2) is 11.9. The fraction of sp³-hybridized carbons (Fsp3) is 0.333.